The number of ether oxygens (including phenoxy) is 1. The minimum atomic E-state index is -3.68. The highest BCUT2D eigenvalue weighted by atomic mass is 79.9. The number of carbonyl (C=O) groups excluding carboxylic acids is 1. The molecule has 2 aromatic carbocycles. The standard InChI is InChI=1S/C16H17BrN2O4S/c1-19(2)16(20)11-23-14-7-9-15(10-8-14)24(21,22)18-13-5-3-12(17)4-6-13/h3-10,18H,11H2,1-2H3. The average Bonchev–Trinajstić information content (AvgIpc) is 2.55. The molecule has 0 aliphatic rings. The van der Waals surface area contributed by atoms with Crippen LogP contribution >= 0.6 is 15.9 Å². The molecule has 0 aliphatic carbocycles. The third kappa shape index (κ3) is 4.97. The zero-order chi connectivity index (χ0) is 17.7. The van der Waals surface area contributed by atoms with Crippen LogP contribution in [0.3, 0.4) is 0 Å². The first-order chi connectivity index (χ1) is 11.3. The lowest BCUT2D eigenvalue weighted by atomic mass is 10.3. The largest absolute Gasteiger partial charge is 0.484 e. The molecule has 0 spiro atoms. The molecule has 24 heavy (non-hydrogen) atoms. The van der Waals surface area contributed by atoms with Crippen LogP contribution in [0.5, 0.6) is 5.75 Å². The third-order valence-corrected chi connectivity index (χ3v) is 5.02. The van der Waals surface area contributed by atoms with Gasteiger partial charge in [-0.15, -0.1) is 0 Å². The number of rotatable bonds is 6. The molecule has 0 unspecified atom stereocenters. The molecule has 128 valence electrons. The van der Waals surface area contributed by atoms with Crippen LogP contribution in [0, 0.1) is 0 Å². The maximum absolute atomic E-state index is 12.3. The molecular weight excluding hydrogens is 396 g/mol. The third-order valence-electron chi connectivity index (χ3n) is 3.09. The smallest absolute Gasteiger partial charge is 0.261 e. The first-order valence-corrected chi connectivity index (χ1v) is 9.27. The van der Waals surface area contributed by atoms with E-state index in [0.29, 0.717) is 11.4 Å². The Morgan fingerprint density at radius 2 is 1.67 bits per heavy atom. The molecule has 0 heterocycles. The maximum Gasteiger partial charge on any atom is 0.261 e. The normalized spacial score (nSPS) is 11.0. The summed E-state index contributed by atoms with van der Waals surface area (Å²) in [6, 6.07) is 12.7. The van der Waals surface area contributed by atoms with Crippen molar-refractivity contribution in [1.29, 1.82) is 0 Å². The molecule has 2 rings (SSSR count). The summed E-state index contributed by atoms with van der Waals surface area (Å²) < 4.78 is 33.3. The van der Waals surface area contributed by atoms with Gasteiger partial charge >= 0.3 is 0 Å². The van der Waals surface area contributed by atoms with E-state index in [4.69, 9.17) is 4.74 Å². The summed E-state index contributed by atoms with van der Waals surface area (Å²) in [5, 5.41) is 0. The summed E-state index contributed by atoms with van der Waals surface area (Å²) in [6.07, 6.45) is 0. The van der Waals surface area contributed by atoms with Gasteiger partial charge in [-0.25, -0.2) is 8.42 Å². The number of carbonyl (C=O) groups is 1. The van der Waals surface area contributed by atoms with E-state index in [1.165, 1.54) is 29.2 Å². The number of nitrogens with one attached hydrogen (secondary N) is 1. The SMILES string of the molecule is CN(C)C(=O)COc1ccc(S(=O)(=O)Nc2ccc(Br)cc2)cc1. The van der Waals surface area contributed by atoms with Crippen molar-refractivity contribution in [3.63, 3.8) is 0 Å². The highest BCUT2D eigenvalue weighted by Gasteiger charge is 2.14. The summed E-state index contributed by atoms with van der Waals surface area (Å²) in [5.74, 6) is 0.247. The second kappa shape index (κ2) is 7.67. The predicted octanol–water partition coefficient (Wildman–Crippen LogP) is 2.72. The van der Waals surface area contributed by atoms with Crippen LogP contribution in [0.25, 0.3) is 0 Å². The van der Waals surface area contributed by atoms with E-state index >= 15 is 0 Å². The Balaban J connectivity index is 2.05. The molecular formula is C16H17BrN2O4S. The summed E-state index contributed by atoms with van der Waals surface area (Å²) in [7, 11) is -0.416. The monoisotopic (exact) mass is 412 g/mol. The number of likely N-dealkylation sites (N-methyl/N-ethyl adjacent to an activating group) is 1. The van der Waals surface area contributed by atoms with Crippen molar-refractivity contribution in [3.05, 3.63) is 53.0 Å². The van der Waals surface area contributed by atoms with Crippen LogP contribution in [0.15, 0.2) is 57.9 Å². The summed E-state index contributed by atoms with van der Waals surface area (Å²) in [6.45, 7) is -0.101. The van der Waals surface area contributed by atoms with Crippen molar-refractivity contribution >= 4 is 37.5 Å². The van der Waals surface area contributed by atoms with Crippen LogP contribution in [0.4, 0.5) is 5.69 Å². The number of halogens is 1. The predicted molar refractivity (Wildman–Crippen MR) is 95.6 cm³/mol. The fourth-order valence-electron chi connectivity index (χ4n) is 1.72. The number of amides is 1. The van der Waals surface area contributed by atoms with Crippen LogP contribution < -0.4 is 9.46 Å². The van der Waals surface area contributed by atoms with Crippen LogP contribution in [-0.4, -0.2) is 39.9 Å². The lowest BCUT2D eigenvalue weighted by Gasteiger charge is -2.12. The summed E-state index contributed by atoms with van der Waals surface area (Å²) >= 11 is 3.29. The second-order valence-corrected chi connectivity index (χ2v) is 7.76. The Hall–Kier alpha value is -2.06. The lowest BCUT2D eigenvalue weighted by molar-refractivity contribution is -0.130. The van der Waals surface area contributed by atoms with E-state index < -0.39 is 10.0 Å². The van der Waals surface area contributed by atoms with Gasteiger partial charge in [0.2, 0.25) is 0 Å². The fourth-order valence-corrected chi connectivity index (χ4v) is 3.04. The highest BCUT2D eigenvalue weighted by molar-refractivity contribution is 9.10. The van der Waals surface area contributed by atoms with Gasteiger partial charge in [-0.05, 0) is 48.5 Å². The zero-order valence-electron chi connectivity index (χ0n) is 13.2. The molecule has 8 heteroatoms. The highest BCUT2D eigenvalue weighted by Crippen LogP contribution is 2.20. The van der Waals surface area contributed by atoms with Gasteiger partial charge in [-0.3, -0.25) is 9.52 Å². The van der Waals surface area contributed by atoms with Crippen LogP contribution in [0.1, 0.15) is 0 Å². The molecule has 2 aromatic rings. The topological polar surface area (TPSA) is 75.7 Å². The Morgan fingerprint density at radius 3 is 2.21 bits per heavy atom. The van der Waals surface area contributed by atoms with E-state index in [0.717, 1.165) is 4.47 Å². The Kier molecular flexibility index (Phi) is 5.84. The molecule has 0 aromatic heterocycles. The van der Waals surface area contributed by atoms with Crippen molar-refractivity contribution < 1.29 is 17.9 Å². The number of hydrogen-bond donors (Lipinski definition) is 1. The number of anilines is 1. The molecule has 1 amide bonds. The lowest BCUT2D eigenvalue weighted by Crippen LogP contribution is -2.27. The van der Waals surface area contributed by atoms with Crippen molar-refractivity contribution in [3.8, 4) is 5.75 Å². The van der Waals surface area contributed by atoms with E-state index in [1.54, 1.807) is 38.4 Å². The van der Waals surface area contributed by atoms with E-state index in [1.807, 2.05) is 0 Å². The maximum atomic E-state index is 12.3. The number of benzene rings is 2. The van der Waals surface area contributed by atoms with Gasteiger partial charge in [0.15, 0.2) is 6.61 Å². The van der Waals surface area contributed by atoms with Crippen LogP contribution in [-0.2, 0) is 14.8 Å². The van der Waals surface area contributed by atoms with Gasteiger partial charge in [-0.2, -0.15) is 0 Å². The molecule has 0 fully saturated rings. The Morgan fingerprint density at radius 1 is 1.08 bits per heavy atom. The van der Waals surface area contributed by atoms with Gasteiger partial charge in [0.25, 0.3) is 15.9 Å². The van der Waals surface area contributed by atoms with Gasteiger partial charge in [0.1, 0.15) is 5.75 Å². The van der Waals surface area contributed by atoms with Gasteiger partial charge in [-0.1, -0.05) is 15.9 Å². The van der Waals surface area contributed by atoms with Crippen molar-refractivity contribution in [2.75, 3.05) is 25.4 Å². The van der Waals surface area contributed by atoms with E-state index in [9.17, 15) is 13.2 Å². The first kappa shape index (κ1) is 18.3. The van der Waals surface area contributed by atoms with Crippen molar-refractivity contribution in [2.24, 2.45) is 0 Å². The molecule has 0 radical (unpaired) electrons. The molecule has 0 bridgehead atoms. The minimum absolute atomic E-state index is 0.101. The fraction of sp³-hybridized carbons (Fsp3) is 0.188. The molecule has 0 saturated carbocycles. The number of hydrogen-bond acceptors (Lipinski definition) is 4. The molecule has 0 aliphatic heterocycles. The average molecular weight is 413 g/mol. The summed E-state index contributed by atoms with van der Waals surface area (Å²) in [4.78, 5) is 13.0. The number of sulfonamides is 1. The number of nitrogens with zero attached hydrogens (tertiary/aromatic N) is 1. The van der Waals surface area contributed by atoms with Crippen LogP contribution in [0.2, 0.25) is 0 Å². The van der Waals surface area contributed by atoms with Gasteiger partial charge in [0, 0.05) is 24.3 Å². The van der Waals surface area contributed by atoms with Gasteiger partial charge in [0.05, 0.1) is 4.90 Å². The second-order valence-electron chi connectivity index (χ2n) is 5.16. The Labute approximate surface area is 149 Å². The molecule has 6 nitrogen and oxygen atoms in total. The Bertz CT molecular complexity index is 803. The van der Waals surface area contributed by atoms with Gasteiger partial charge < -0.3 is 9.64 Å². The van der Waals surface area contributed by atoms with E-state index in [-0.39, 0.29) is 17.4 Å². The summed E-state index contributed by atoms with van der Waals surface area (Å²) in [5.41, 5.74) is 0.468. The van der Waals surface area contributed by atoms with Crippen molar-refractivity contribution in [2.45, 2.75) is 4.90 Å². The van der Waals surface area contributed by atoms with Crippen molar-refractivity contribution in [1.82, 2.24) is 4.90 Å². The molecule has 0 saturated heterocycles. The molecule has 1 N–H and O–H groups in total. The minimum Gasteiger partial charge on any atom is -0.484 e. The zero-order valence-corrected chi connectivity index (χ0v) is 15.6. The molecule has 0 atom stereocenters. The quantitative estimate of drug-likeness (QED) is 0.790. The van der Waals surface area contributed by atoms with E-state index in [2.05, 4.69) is 20.7 Å². The first-order valence-electron chi connectivity index (χ1n) is 6.99.